The quantitative estimate of drug-likeness (QED) is 0.569. The summed E-state index contributed by atoms with van der Waals surface area (Å²) in [5.74, 6) is 0. The minimum atomic E-state index is -4.36. The monoisotopic (exact) mass is 277 g/mol. The van der Waals surface area contributed by atoms with Crippen molar-refractivity contribution >= 4 is 17.4 Å². The lowest BCUT2D eigenvalue weighted by Gasteiger charge is -2.09. The molecule has 0 unspecified atom stereocenters. The summed E-state index contributed by atoms with van der Waals surface area (Å²) in [6.45, 7) is -1.57. The Morgan fingerprint density at radius 2 is 2.11 bits per heavy atom. The molecule has 19 heavy (non-hydrogen) atoms. The molecule has 8 heteroatoms. The molecule has 1 rings (SSSR count). The summed E-state index contributed by atoms with van der Waals surface area (Å²) in [6.07, 6.45) is -4.36. The molecule has 0 aliphatic heterocycles. The fraction of sp³-hybridized carbons (Fsp3) is 0.364. The topological polar surface area (TPSA) is 76.4 Å². The van der Waals surface area contributed by atoms with Crippen LogP contribution in [0.5, 0.6) is 0 Å². The number of nitrogens with two attached hydrogens (primary N) is 1. The maximum absolute atomic E-state index is 11.7. The lowest BCUT2D eigenvalue weighted by atomic mass is 10.3. The van der Waals surface area contributed by atoms with Crippen LogP contribution in [0.25, 0.3) is 0 Å². The summed E-state index contributed by atoms with van der Waals surface area (Å²) >= 11 is 0. The number of rotatable bonds is 5. The van der Waals surface area contributed by atoms with Crippen LogP contribution >= 0.6 is 0 Å². The van der Waals surface area contributed by atoms with Crippen LogP contribution in [0, 0.1) is 0 Å². The van der Waals surface area contributed by atoms with Crippen LogP contribution in [0.1, 0.15) is 0 Å². The Kier molecular flexibility index (Phi) is 5.43. The number of carbonyl (C=O) groups is 1. The van der Waals surface area contributed by atoms with Gasteiger partial charge in [0.2, 0.25) is 0 Å². The minimum Gasteiger partial charge on any atom is -0.399 e. The minimum absolute atomic E-state index is 0.0236. The zero-order valence-corrected chi connectivity index (χ0v) is 9.96. The molecule has 0 aromatic heterocycles. The predicted octanol–water partition coefficient (Wildman–Crippen LogP) is 1.97. The Morgan fingerprint density at radius 3 is 2.74 bits per heavy atom. The molecule has 0 saturated heterocycles. The zero-order chi connectivity index (χ0) is 14.3. The van der Waals surface area contributed by atoms with Crippen molar-refractivity contribution in [1.82, 2.24) is 5.32 Å². The Morgan fingerprint density at radius 1 is 1.37 bits per heavy atom. The molecule has 0 bridgehead atoms. The normalized spacial score (nSPS) is 11.1. The predicted molar refractivity (Wildman–Crippen MR) is 64.7 cm³/mol. The molecule has 0 aliphatic carbocycles. The Balaban J connectivity index is 2.18. The number of anilines is 2. The number of nitrogen functional groups attached to an aromatic ring is 1. The van der Waals surface area contributed by atoms with Crippen molar-refractivity contribution in [3.05, 3.63) is 24.3 Å². The Labute approximate surface area is 107 Å². The average molecular weight is 277 g/mol. The van der Waals surface area contributed by atoms with Crippen LogP contribution in [0.15, 0.2) is 24.3 Å². The van der Waals surface area contributed by atoms with Crippen molar-refractivity contribution in [3.63, 3.8) is 0 Å². The highest BCUT2D eigenvalue weighted by atomic mass is 19.4. The van der Waals surface area contributed by atoms with Gasteiger partial charge < -0.3 is 21.1 Å². The second-order valence-corrected chi connectivity index (χ2v) is 3.67. The second-order valence-electron chi connectivity index (χ2n) is 3.67. The number of hydrogen-bond donors (Lipinski definition) is 3. The van der Waals surface area contributed by atoms with Gasteiger partial charge in [0.1, 0.15) is 6.61 Å². The number of amides is 2. The fourth-order valence-electron chi connectivity index (χ4n) is 1.22. The highest BCUT2D eigenvalue weighted by Crippen LogP contribution is 2.14. The number of urea groups is 1. The van der Waals surface area contributed by atoms with Gasteiger partial charge in [0.15, 0.2) is 0 Å². The van der Waals surface area contributed by atoms with E-state index < -0.39 is 18.8 Å². The molecule has 0 aliphatic rings. The maximum Gasteiger partial charge on any atom is 0.411 e. The van der Waals surface area contributed by atoms with Crippen molar-refractivity contribution in [2.24, 2.45) is 0 Å². The van der Waals surface area contributed by atoms with E-state index >= 15 is 0 Å². The van der Waals surface area contributed by atoms with E-state index in [4.69, 9.17) is 5.73 Å². The van der Waals surface area contributed by atoms with Gasteiger partial charge in [-0.25, -0.2) is 4.79 Å². The van der Waals surface area contributed by atoms with E-state index in [0.717, 1.165) is 0 Å². The smallest absolute Gasteiger partial charge is 0.399 e. The lowest BCUT2D eigenvalue weighted by molar-refractivity contribution is -0.173. The molecule has 5 nitrogen and oxygen atoms in total. The lowest BCUT2D eigenvalue weighted by Crippen LogP contribution is -2.32. The van der Waals surface area contributed by atoms with Gasteiger partial charge in [0.05, 0.1) is 6.61 Å². The van der Waals surface area contributed by atoms with E-state index in [1.165, 1.54) is 0 Å². The van der Waals surface area contributed by atoms with Gasteiger partial charge in [-0.05, 0) is 18.2 Å². The standard InChI is InChI=1S/C11H14F3N3O2/c12-11(13,14)7-19-5-4-16-10(18)17-9-3-1-2-8(15)6-9/h1-3,6H,4-5,7,15H2,(H2,16,17,18). The van der Waals surface area contributed by atoms with Gasteiger partial charge in [-0.2, -0.15) is 13.2 Å². The van der Waals surface area contributed by atoms with Gasteiger partial charge in [-0.3, -0.25) is 0 Å². The number of halogens is 3. The summed E-state index contributed by atoms with van der Waals surface area (Å²) in [4.78, 5) is 11.3. The Hall–Kier alpha value is -1.96. The van der Waals surface area contributed by atoms with E-state index in [1.54, 1.807) is 24.3 Å². The third-order valence-corrected chi connectivity index (χ3v) is 1.94. The molecular formula is C11H14F3N3O2. The van der Waals surface area contributed by atoms with Gasteiger partial charge >= 0.3 is 12.2 Å². The average Bonchev–Trinajstić information content (AvgIpc) is 2.26. The van der Waals surface area contributed by atoms with E-state index in [-0.39, 0.29) is 13.2 Å². The molecule has 0 fully saturated rings. The van der Waals surface area contributed by atoms with Gasteiger partial charge in [0.25, 0.3) is 0 Å². The molecule has 0 radical (unpaired) electrons. The summed E-state index contributed by atoms with van der Waals surface area (Å²) in [7, 11) is 0. The van der Waals surface area contributed by atoms with Gasteiger partial charge in [0, 0.05) is 17.9 Å². The third-order valence-electron chi connectivity index (χ3n) is 1.94. The Bertz CT molecular complexity index is 424. The number of alkyl halides is 3. The molecule has 4 N–H and O–H groups in total. The van der Waals surface area contributed by atoms with Crippen LogP contribution < -0.4 is 16.4 Å². The fourth-order valence-corrected chi connectivity index (χ4v) is 1.22. The summed E-state index contributed by atoms with van der Waals surface area (Å²) < 4.78 is 39.5. The first-order chi connectivity index (χ1) is 8.87. The summed E-state index contributed by atoms with van der Waals surface area (Å²) in [5.41, 5.74) is 6.50. The number of hydrogen-bond acceptors (Lipinski definition) is 3. The molecule has 1 aromatic carbocycles. The van der Waals surface area contributed by atoms with Crippen LogP contribution in [0.2, 0.25) is 0 Å². The largest absolute Gasteiger partial charge is 0.411 e. The molecular weight excluding hydrogens is 263 g/mol. The molecule has 0 atom stereocenters. The van der Waals surface area contributed by atoms with E-state index in [9.17, 15) is 18.0 Å². The van der Waals surface area contributed by atoms with E-state index in [2.05, 4.69) is 15.4 Å². The van der Waals surface area contributed by atoms with Crippen LogP contribution in [0.4, 0.5) is 29.3 Å². The van der Waals surface area contributed by atoms with E-state index in [1.807, 2.05) is 0 Å². The number of carbonyl (C=O) groups excluding carboxylic acids is 1. The number of nitrogens with one attached hydrogen (secondary N) is 2. The van der Waals surface area contributed by atoms with Gasteiger partial charge in [-0.1, -0.05) is 6.07 Å². The first-order valence-electron chi connectivity index (χ1n) is 5.42. The first kappa shape index (κ1) is 15.1. The molecule has 2 amide bonds. The molecule has 0 heterocycles. The highest BCUT2D eigenvalue weighted by molar-refractivity contribution is 5.89. The number of benzene rings is 1. The van der Waals surface area contributed by atoms with Crippen LogP contribution in [0.3, 0.4) is 0 Å². The summed E-state index contributed by atoms with van der Waals surface area (Å²) in [6, 6.07) is 5.97. The van der Waals surface area contributed by atoms with Crippen molar-refractivity contribution < 1.29 is 22.7 Å². The van der Waals surface area contributed by atoms with Crippen molar-refractivity contribution in [1.29, 1.82) is 0 Å². The molecule has 0 spiro atoms. The molecule has 1 aromatic rings. The van der Waals surface area contributed by atoms with E-state index in [0.29, 0.717) is 11.4 Å². The first-order valence-corrected chi connectivity index (χ1v) is 5.42. The van der Waals surface area contributed by atoms with Crippen molar-refractivity contribution in [3.8, 4) is 0 Å². The van der Waals surface area contributed by atoms with Gasteiger partial charge in [-0.15, -0.1) is 0 Å². The maximum atomic E-state index is 11.7. The third kappa shape index (κ3) is 7.14. The summed E-state index contributed by atoms with van der Waals surface area (Å²) in [5, 5.41) is 4.84. The highest BCUT2D eigenvalue weighted by Gasteiger charge is 2.27. The van der Waals surface area contributed by atoms with Crippen molar-refractivity contribution in [2.75, 3.05) is 30.8 Å². The SMILES string of the molecule is Nc1cccc(NC(=O)NCCOCC(F)(F)F)c1. The van der Waals surface area contributed by atoms with Crippen molar-refractivity contribution in [2.45, 2.75) is 6.18 Å². The zero-order valence-electron chi connectivity index (χ0n) is 9.96. The number of ether oxygens (including phenoxy) is 1. The second kappa shape index (κ2) is 6.83. The van der Waals surface area contributed by atoms with Crippen LogP contribution in [-0.2, 0) is 4.74 Å². The van der Waals surface area contributed by atoms with Crippen LogP contribution in [-0.4, -0.2) is 32.0 Å². The molecule has 106 valence electrons. The molecule has 0 saturated carbocycles.